The first-order chi connectivity index (χ1) is 8.29. The molecule has 0 aliphatic carbocycles. The molecule has 1 saturated heterocycles. The van der Waals surface area contributed by atoms with E-state index in [2.05, 4.69) is 4.98 Å². The van der Waals surface area contributed by atoms with Crippen molar-refractivity contribution in [1.82, 2.24) is 4.98 Å². The molecule has 17 heavy (non-hydrogen) atoms. The van der Waals surface area contributed by atoms with E-state index in [1.807, 2.05) is 19.1 Å². The maximum atomic E-state index is 5.89. The fraction of sp³-hybridized carbons (Fsp3) is 0.615. The number of rotatable bonds is 5. The van der Waals surface area contributed by atoms with Crippen molar-refractivity contribution in [3.05, 3.63) is 24.0 Å². The third-order valence-corrected chi connectivity index (χ3v) is 3.04. The summed E-state index contributed by atoms with van der Waals surface area (Å²) >= 11 is 0. The number of hydrogen-bond donors (Lipinski definition) is 1. The SMILES string of the molecule is CC[C@@H](N)c1ccc(OCC2CCCO2)cn1. The normalized spacial score (nSPS) is 21.4. The van der Waals surface area contributed by atoms with Crippen LogP contribution in [0.5, 0.6) is 5.75 Å². The number of ether oxygens (including phenoxy) is 2. The molecule has 1 aliphatic rings. The Kier molecular flexibility index (Phi) is 4.34. The van der Waals surface area contributed by atoms with Gasteiger partial charge >= 0.3 is 0 Å². The van der Waals surface area contributed by atoms with Gasteiger partial charge in [-0.3, -0.25) is 4.98 Å². The van der Waals surface area contributed by atoms with Gasteiger partial charge in [0.2, 0.25) is 0 Å². The predicted octanol–water partition coefficient (Wildman–Crippen LogP) is 2.05. The molecule has 0 amide bonds. The van der Waals surface area contributed by atoms with Crippen molar-refractivity contribution in [2.45, 2.75) is 38.3 Å². The van der Waals surface area contributed by atoms with Crippen LogP contribution in [-0.2, 0) is 4.74 Å². The van der Waals surface area contributed by atoms with Gasteiger partial charge in [0.15, 0.2) is 0 Å². The summed E-state index contributed by atoms with van der Waals surface area (Å²) in [7, 11) is 0. The highest BCUT2D eigenvalue weighted by molar-refractivity contribution is 5.21. The largest absolute Gasteiger partial charge is 0.489 e. The van der Waals surface area contributed by atoms with Gasteiger partial charge in [0, 0.05) is 12.6 Å². The highest BCUT2D eigenvalue weighted by Gasteiger charge is 2.16. The van der Waals surface area contributed by atoms with Crippen LogP contribution < -0.4 is 10.5 Å². The molecule has 4 heteroatoms. The summed E-state index contributed by atoms with van der Waals surface area (Å²) in [6, 6.07) is 3.87. The molecule has 1 unspecified atom stereocenters. The van der Waals surface area contributed by atoms with E-state index in [-0.39, 0.29) is 12.1 Å². The average molecular weight is 236 g/mol. The number of nitrogens with two attached hydrogens (primary N) is 1. The van der Waals surface area contributed by atoms with Gasteiger partial charge in [0.25, 0.3) is 0 Å². The molecule has 2 atom stereocenters. The van der Waals surface area contributed by atoms with Crippen LogP contribution in [0, 0.1) is 0 Å². The minimum Gasteiger partial charge on any atom is -0.489 e. The zero-order chi connectivity index (χ0) is 12.1. The second kappa shape index (κ2) is 5.98. The van der Waals surface area contributed by atoms with Crippen LogP contribution in [0.2, 0.25) is 0 Å². The van der Waals surface area contributed by atoms with Crippen molar-refractivity contribution in [2.24, 2.45) is 5.73 Å². The third-order valence-electron chi connectivity index (χ3n) is 3.04. The predicted molar refractivity (Wildman–Crippen MR) is 65.9 cm³/mol. The van der Waals surface area contributed by atoms with Crippen LogP contribution in [0.4, 0.5) is 0 Å². The Morgan fingerprint density at radius 2 is 2.47 bits per heavy atom. The topological polar surface area (TPSA) is 57.4 Å². The molecule has 0 saturated carbocycles. The Bertz CT molecular complexity index is 334. The summed E-state index contributed by atoms with van der Waals surface area (Å²) in [5, 5.41) is 0. The van der Waals surface area contributed by atoms with Crippen LogP contribution in [0.1, 0.15) is 37.9 Å². The molecule has 0 bridgehead atoms. The van der Waals surface area contributed by atoms with E-state index in [0.717, 1.165) is 37.3 Å². The van der Waals surface area contributed by atoms with Gasteiger partial charge in [-0.05, 0) is 31.4 Å². The number of pyridine rings is 1. The Hall–Kier alpha value is -1.13. The minimum absolute atomic E-state index is 0.0159. The lowest BCUT2D eigenvalue weighted by Crippen LogP contribution is -2.16. The maximum Gasteiger partial charge on any atom is 0.137 e. The fourth-order valence-corrected chi connectivity index (χ4v) is 1.87. The van der Waals surface area contributed by atoms with E-state index in [9.17, 15) is 0 Å². The fourth-order valence-electron chi connectivity index (χ4n) is 1.87. The van der Waals surface area contributed by atoms with Crippen molar-refractivity contribution >= 4 is 0 Å². The lowest BCUT2D eigenvalue weighted by atomic mass is 10.1. The lowest BCUT2D eigenvalue weighted by Gasteiger charge is -2.12. The Balaban J connectivity index is 1.84. The Labute approximate surface area is 102 Å². The first-order valence-corrected chi connectivity index (χ1v) is 6.25. The van der Waals surface area contributed by atoms with Gasteiger partial charge in [-0.15, -0.1) is 0 Å². The van der Waals surface area contributed by atoms with Gasteiger partial charge in [0.05, 0.1) is 18.0 Å². The van der Waals surface area contributed by atoms with Crippen LogP contribution in [0.15, 0.2) is 18.3 Å². The van der Waals surface area contributed by atoms with Crippen LogP contribution in [0.25, 0.3) is 0 Å². The first kappa shape index (κ1) is 12.3. The molecule has 1 aromatic rings. The minimum atomic E-state index is 0.0159. The third kappa shape index (κ3) is 3.41. The van der Waals surface area contributed by atoms with E-state index in [0.29, 0.717) is 6.61 Å². The molecule has 1 aliphatic heterocycles. The zero-order valence-electron chi connectivity index (χ0n) is 10.3. The standard InChI is InChI=1S/C13H20N2O2/c1-2-12(14)13-6-5-10(8-15-13)17-9-11-4-3-7-16-11/h5-6,8,11-12H,2-4,7,9,14H2,1H3/t11?,12-/m1/s1. The number of hydrogen-bond acceptors (Lipinski definition) is 4. The number of aromatic nitrogens is 1. The quantitative estimate of drug-likeness (QED) is 0.850. The molecule has 2 heterocycles. The van der Waals surface area contributed by atoms with Crippen LogP contribution in [-0.4, -0.2) is 24.3 Å². The van der Waals surface area contributed by atoms with Gasteiger partial charge in [0.1, 0.15) is 12.4 Å². The van der Waals surface area contributed by atoms with Gasteiger partial charge in [-0.25, -0.2) is 0 Å². The maximum absolute atomic E-state index is 5.89. The summed E-state index contributed by atoms with van der Waals surface area (Å²) in [6.07, 6.45) is 5.10. The zero-order valence-corrected chi connectivity index (χ0v) is 10.3. The molecule has 0 radical (unpaired) electrons. The second-order valence-electron chi connectivity index (χ2n) is 4.38. The first-order valence-electron chi connectivity index (χ1n) is 6.25. The molecule has 0 spiro atoms. The van der Waals surface area contributed by atoms with Crippen LogP contribution in [0.3, 0.4) is 0 Å². The van der Waals surface area contributed by atoms with Crippen LogP contribution >= 0.6 is 0 Å². The highest BCUT2D eigenvalue weighted by atomic mass is 16.5. The highest BCUT2D eigenvalue weighted by Crippen LogP contribution is 2.17. The molecule has 94 valence electrons. The van der Waals surface area contributed by atoms with Crippen molar-refractivity contribution < 1.29 is 9.47 Å². The monoisotopic (exact) mass is 236 g/mol. The molecule has 0 aromatic carbocycles. The van der Waals surface area contributed by atoms with E-state index >= 15 is 0 Å². The summed E-state index contributed by atoms with van der Waals surface area (Å²) in [5.74, 6) is 0.785. The Morgan fingerprint density at radius 1 is 1.59 bits per heavy atom. The second-order valence-corrected chi connectivity index (χ2v) is 4.38. The van der Waals surface area contributed by atoms with E-state index < -0.39 is 0 Å². The molecule has 1 aromatic heterocycles. The van der Waals surface area contributed by atoms with Crippen molar-refractivity contribution in [2.75, 3.05) is 13.2 Å². The van der Waals surface area contributed by atoms with Crippen molar-refractivity contribution in [1.29, 1.82) is 0 Å². The van der Waals surface area contributed by atoms with Gasteiger partial charge < -0.3 is 15.2 Å². The van der Waals surface area contributed by atoms with Gasteiger partial charge in [-0.2, -0.15) is 0 Å². The molecular weight excluding hydrogens is 216 g/mol. The average Bonchev–Trinajstić information content (AvgIpc) is 2.89. The molecule has 2 rings (SSSR count). The smallest absolute Gasteiger partial charge is 0.137 e. The summed E-state index contributed by atoms with van der Waals surface area (Å²) in [4.78, 5) is 4.30. The summed E-state index contributed by atoms with van der Waals surface area (Å²) in [6.45, 7) is 3.52. The van der Waals surface area contributed by atoms with Gasteiger partial charge in [-0.1, -0.05) is 6.92 Å². The lowest BCUT2D eigenvalue weighted by molar-refractivity contribution is 0.0678. The molecule has 2 N–H and O–H groups in total. The van der Waals surface area contributed by atoms with Crippen molar-refractivity contribution in [3.8, 4) is 5.75 Å². The number of nitrogens with zero attached hydrogens (tertiary/aromatic N) is 1. The summed E-state index contributed by atoms with van der Waals surface area (Å²) < 4.78 is 11.1. The molecule has 1 fully saturated rings. The summed E-state index contributed by atoms with van der Waals surface area (Å²) in [5.41, 5.74) is 6.81. The van der Waals surface area contributed by atoms with E-state index in [1.165, 1.54) is 0 Å². The van der Waals surface area contributed by atoms with E-state index in [1.54, 1.807) is 6.20 Å². The Morgan fingerprint density at radius 3 is 3.06 bits per heavy atom. The molecule has 4 nitrogen and oxygen atoms in total. The van der Waals surface area contributed by atoms with Crippen molar-refractivity contribution in [3.63, 3.8) is 0 Å². The van der Waals surface area contributed by atoms with E-state index in [4.69, 9.17) is 15.2 Å². The molecular formula is C13H20N2O2.